The van der Waals surface area contributed by atoms with Crippen molar-refractivity contribution in [1.82, 2.24) is 0 Å². The second kappa shape index (κ2) is 6.24. The lowest BCUT2D eigenvalue weighted by Gasteiger charge is -2.23. The summed E-state index contributed by atoms with van der Waals surface area (Å²) in [6.07, 6.45) is 6.84. The average molecular weight is 267 g/mol. The van der Waals surface area contributed by atoms with Crippen molar-refractivity contribution >= 4 is 17.6 Å². The maximum absolute atomic E-state index is 11.6. The van der Waals surface area contributed by atoms with Gasteiger partial charge >= 0.3 is 5.97 Å². The van der Waals surface area contributed by atoms with Gasteiger partial charge in [-0.05, 0) is 36.5 Å². The van der Waals surface area contributed by atoms with Crippen LogP contribution in [0.25, 0.3) is 0 Å². The summed E-state index contributed by atoms with van der Waals surface area (Å²) in [6.45, 7) is 0. The van der Waals surface area contributed by atoms with E-state index in [-0.39, 0.29) is 11.8 Å². The molecule has 0 bridgehead atoms. The van der Waals surface area contributed by atoms with Crippen LogP contribution in [0.1, 0.15) is 50.0 Å². The van der Waals surface area contributed by atoms with Gasteiger partial charge in [-0.25, -0.2) is 0 Å². The smallest absolute Gasteiger partial charge is 0.311 e. The van der Waals surface area contributed by atoms with Crippen LogP contribution in [0.2, 0.25) is 5.02 Å². The SMILES string of the molecule is O=C(O)C(c1ccc(Cl)cc1)C1CCCCCC1. The van der Waals surface area contributed by atoms with E-state index in [1.807, 2.05) is 12.1 Å². The zero-order valence-electron chi connectivity index (χ0n) is 10.4. The van der Waals surface area contributed by atoms with E-state index in [9.17, 15) is 9.90 Å². The minimum atomic E-state index is -0.704. The third kappa shape index (κ3) is 3.26. The van der Waals surface area contributed by atoms with Gasteiger partial charge in [0, 0.05) is 5.02 Å². The summed E-state index contributed by atoms with van der Waals surface area (Å²) in [7, 11) is 0. The van der Waals surface area contributed by atoms with Crippen LogP contribution in [0.5, 0.6) is 0 Å². The van der Waals surface area contributed by atoms with Crippen molar-refractivity contribution in [3.05, 3.63) is 34.9 Å². The number of rotatable bonds is 3. The predicted molar refractivity (Wildman–Crippen MR) is 73.0 cm³/mol. The molecule has 0 aromatic heterocycles. The molecule has 0 saturated heterocycles. The van der Waals surface area contributed by atoms with Gasteiger partial charge in [0.05, 0.1) is 5.92 Å². The van der Waals surface area contributed by atoms with Crippen molar-refractivity contribution in [2.24, 2.45) is 5.92 Å². The zero-order chi connectivity index (χ0) is 13.0. The summed E-state index contributed by atoms with van der Waals surface area (Å²) >= 11 is 5.86. The lowest BCUT2D eigenvalue weighted by atomic mass is 9.81. The molecule has 1 aromatic rings. The molecule has 3 heteroatoms. The van der Waals surface area contributed by atoms with Crippen LogP contribution < -0.4 is 0 Å². The number of hydrogen-bond acceptors (Lipinski definition) is 1. The first-order chi connectivity index (χ1) is 8.68. The van der Waals surface area contributed by atoms with E-state index in [4.69, 9.17) is 11.6 Å². The largest absolute Gasteiger partial charge is 0.481 e. The molecule has 1 aliphatic rings. The van der Waals surface area contributed by atoms with Crippen LogP contribution >= 0.6 is 11.6 Å². The second-order valence-corrected chi connectivity index (χ2v) is 5.56. The van der Waals surface area contributed by atoms with Crippen LogP contribution in [-0.2, 0) is 4.79 Å². The fourth-order valence-electron chi connectivity index (χ4n) is 2.93. The molecule has 98 valence electrons. The van der Waals surface area contributed by atoms with Gasteiger partial charge in [0.15, 0.2) is 0 Å². The second-order valence-electron chi connectivity index (χ2n) is 5.12. The minimum absolute atomic E-state index is 0.270. The zero-order valence-corrected chi connectivity index (χ0v) is 11.2. The molecule has 0 radical (unpaired) electrons. The Balaban J connectivity index is 2.21. The van der Waals surface area contributed by atoms with Crippen molar-refractivity contribution in [3.63, 3.8) is 0 Å². The molecule has 1 fully saturated rings. The van der Waals surface area contributed by atoms with Crippen molar-refractivity contribution in [3.8, 4) is 0 Å². The number of aliphatic carboxylic acids is 1. The van der Waals surface area contributed by atoms with E-state index in [2.05, 4.69) is 0 Å². The van der Waals surface area contributed by atoms with Crippen molar-refractivity contribution in [2.75, 3.05) is 0 Å². The van der Waals surface area contributed by atoms with Gasteiger partial charge in [0.25, 0.3) is 0 Å². The summed E-state index contributed by atoms with van der Waals surface area (Å²) < 4.78 is 0. The molecule has 0 aliphatic heterocycles. The van der Waals surface area contributed by atoms with E-state index in [1.54, 1.807) is 12.1 Å². The van der Waals surface area contributed by atoms with Crippen LogP contribution in [0.4, 0.5) is 0 Å². The molecular weight excluding hydrogens is 248 g/mol. The topological polar surface area (TPSA) is 37.3 Å². The molecule has 0 spiro atoms. The number of carbonyl (C=O) groups is 1. The maximum atomic E-state index is 11.6. The highest BCUT2D eigenvalue weighted by Gasteiger charge is 2.29. The molecule has 1 atom stereocenters. The van der Waals surface area contributed by atoms with Gasteiger partial charge in [-0.1, -0.05) is 49.4 Å². The highest BCUT2D eigenvalue weighted by Crippen LogP contribution is 2.35. The van der Waals surface area contributed by atoms with E-state index < -0.39 is 5.97 Å². The molecular formula is C15H19ClO2. The van der Waals surface area contributed by atoms with E-state index in [0.29, 0.717) is 5.02 Å². The standard InChI is InChI=1S/C15H19ClO2/c16-13-9-7-12(8-10-13)14(15(17)18)11-5-3-1-2-4-6-11/h7-11,14H,1-6H2,(H,17,18). The molecule has 1 saturated carbocycles. The highest BCUT2D eigenvalue weighted by atomic mass is 35.5. The van der Waals surface area contributed by atoms with Gasteiger partial charge in [0.1, 0.15) is 0 Å². The fourth-order valence-corrected chi connectivity index (χ4v) is 3.06. The summed E-state index contributed by atoms with van der Waals surface area (Å²) in [5, 5.41) is 10.2. The Morgan fingerprint density at radius 1 is 1.11 bits per heavy atom. The Labute approximate surface area is 113 Å². The Morgan fingerprint density at radius 2 is 1.67 bits per heavy atom. The third-order valence-corrected chi connectivity index (χ3v) is 4.12. The van der Waals surface area contributed by atoms with Crippen LogP contribution in [-0.4, -0.2) is 11.1 Å². The maximum Gasteiger partial charge on any atom is 0.311 e. The normalized spacial score (nSPS) is 19.2. The Hall–Kier alpha value is -1.02. The predicted octanol–water partition coefficient (Wildman–Crippen LogP) is 4.48. The van der Waals surface area contributed by atoms with Gasteiger partial charge in [-0.2, -0.15) is 0 Å². The molecule has 0 heterocycles. The Kier molecular flexibility index (Phi) is 4.65. The first-order valence-electron chi connectivity index (χ1n) is 6.67. The summed E-state index contributed by atoms with van der Waals surface area (Å²) in [4.78, 5) is 11.6. The summed E-state index contributed by atoms with van der Waals surface area (Å²) in [5.41, 5.74) is 0.888. The van der Waals surface area contributed by atoms with E-state index >= 15 is 0 Å². The molecule has 2 nitrogen and oxygen atoms in total. The first kappa shape index (κ1) is 13.4. The highest BCUT2D eigenvalue weighted by molar-refractivity contribution is 6.30. The number of benzene rings is 1. The number of hydrogen-bond donors (Lipinski definition) is 1. The Morgan fingerprint density at radius 3 is 2.17 bits per heavy atom. The minimum Gasteiger partial charge on any atom is -0.481 e. The fraction of sp³-hybridized carbons (Fsp3) is 0.533. The van der Waals surface area contributed by atoms with Crippen molar-refractivity contribution in [1.29, 1.82) is 0 Å². The number of carboxylic acid groups (broad SMARTS) is 1. The first-order valence-corrected chi connectivity index (χ1v) is 7.04. The molecule has 1 aliphatic carbocycles. The lowest BCUT2D eigenvalue weighted by Crippen LogP contribution is -2.21. The molecule has 2 rings (SSSR count). The average Bonchev–Trinajstić information content (AvgIpc) is 2.60. The van der Waals surface area contributed by atoms with Gasteiger partial charge < -0.3 is 5.11 Å². The molecule has 1 aromatic carbocycles. The molecule has 1 N–H and O–H groups in total. The van der Waals surface area contributed by atoms with Crippen LogP contribution in [0.3, 0.4) is 0 Å². The summed E-state index contributed by atoms with van der Waals surface area (Å²) in [5.74, 6) is -0.809. The van der Waals surface area contributed by atoms with Crippen LogP contribution in [0.15, 0.2) is 24.3 Å². The summed E-state index contributed by atoms with van der Waals surface area (Å²) in [6, 6.07) is 7.27. The quantitative estimate of drug-likeness (QED) is 0.819. The lowest BCUT2D eigenvalue weighted by molar-refractivity contribution is -0.140. The van der Waals surface area contributed by atoms with Gasteiger partial charge in [0.2, 0.25) is 0 Å². The van der Waals surface area contributed by atoms with Crippen LogP contribution in [0, 0.1) is 5.92 Å². The number of carboxylic acids is 1. The van der Waals surface area contributed by atoms with Crippen molar-refractivity contribution < 1.29 is 9.90 Å². The Bertz CT molecular complexity index is 391. The van der Waals surface area contributed by atoms with E-state index in [0.717, 1.165) is 31.2 Å². The monoisotopic (exact) mass is 266 g/mol. The van der Waals surface area contributed by atoms with E-state index in [1.165, 1.54) is 12.8 Å². The molecule has 1 unspecified atom stereocenters. The third-order valence-electron chi connectivity index (χ3n) is 3.87. The molecule has 18 heavy (non-hydrogen) atoms. The number of halogens is 1. The van der Waals surface area contributed by atoms with Gasteiger partial charge in [-0.3, -0.25) is 4.79 Å². The van der Waals surface area contributed by atoms with Gasteiger partial charge in [-0.15, -0.1) is 0 Å². The van der Waals surface area contributed by atoms with Crippen molar-refractivity contribution in [2.45, 2.75) is 44.4 Å². The molecule has 0 amide bonds.